The number of imidazole rings is 1. The van der Waals surface area contributed by atoms with Gasteiger partial charge in [0.25, 0.3) is 0 Å². The maximum Gasteiger partial charge on any atom is 0.194 e. The molecule has 0 radical (unpaired) electrons. The second kappa shape index (κ2) is 3.64. The van der Waals surface area contributed by atoms with Crippen LogP contribution in [0.3, 0.4) is 0 Å². The van der Waals surface area contributed by atoms with E-state index in [1.54, 1.807) is 11.3 Å². The first kappa shape index (κ1) is 8.97. The summed E-state index contributed by atoms with van der Waals surface area (Å²) in [6.07, 6.45) is 6.22. The lowest BCUT2D eigenvalue weighted by Gasteiger charge is -1.90. The summed E-state index contributed by atoms with van der Waals surface area (Å²) in [5.41, 5.74) is 2.26. The van der Waals surface area contributed by atoms with Gasteiger partial charge in [-0.1, -0.05) is 22.0 Å². The second-order valence-electron chi connectivity index (χ2n) is 2.69. The van der Waals surface area contributed by atoms with Crippen LogP contribution in [0.1, 0.15) is 11.4 Å². The van der Waals surface area contributed by atoms with Crippen molar-refractivity contribution >= 4 is 38.3 Å². The third-order valence-corrected chi connectivity index (χ3v) is 2.98. The third-order valence-electron chi connectivity index (χ3n) is 1.85. The Morgan fingerprint density at radius 3 is 3.31 bits per heavy atom. The van der Waals surface area contributed by atoms with Crippen molar-refractivity contribution in [2.45, 2.75) is 6.92 Å². The molecule has 0 aliphatic carbocycles. The predicted molar refractivity (Wildman–Crippen MR) is 60.6 cm³/mol. The number of halogens is 1. The topological polar surface area (TPSA) is 17.3 Å². The molecule has 2 aromatic rings. The Balaban J connectivity index is 2.57. The number of hydrogen-bond acceptors (Lipinski definition) is 2. The number of thiazole rings is 1. The molecule has 2 nitrogen and oxygen atoms in total. The van der Waals surface area contributed by atoms with Crippen LogP contribution in [-0.2, 0) is 0 Å². The summed E-state index contributed by atoms with van der Waals surface area (Å²) in [7, 11) is 0. The third kappa shape index (κ3) is 1.56. The van der Waals surface area contributed by atoms with Gasteiger partial charge in [-0.15, -0.1) is 11.3 Å². The van der Waals surface area contributed by atoms with Crippen LogP contribution in [0, 0.1) is 6.92 Å². The highest BCUT2D eigenvalue weighted by molar-refractivity contribution is 9.09. The summed E-state index contributed by atoms with van der Waals surface area (Å²) in [4.78, 5) is 5.50. The fourth-order valence-electron chi connectivity index (χ4n) is 1.27. The number of fused-ring (bicyclic) bond motifs is 1. The molecule has 0 aliphatic rings. The van der Waals surface area contributed by atoms with Gasteiger partial charge in [0.1, 0.15) is 0 Å². The van der Waals surface area contributed by atoms with Gasteiger partial charge in [-0.2, -0.15) is 0 Å². The van der Waals surface area contributed by atoms with Gasteiger partial charge in [0.15, 0.2) is 4.96 Å². The molecule has 0 N–H and O–H groups in total. The average molecular weight is 257 g/mol. The van der Waals surface area contributed by atoms with E-state index in [1.165, 1.54) is 5.69 Å². The molecule has 0 aromatic carbocycles. The lowest BCUT2D eigenvalue weighted by Crippen LogP contribution is -1.82. The fourth-order valence-corrected chi connectivity index (χ4v) is 2.22. The van der Waals surface area contributed by atoms with Crippen LogP contribution in [0.5, 0.6) is 0 Å². The second-order valence-corrected chi connectivity index (χ2v) is 4.22. The molecule has 0 spiro atoms. The number of nitrogens with zero attached hydrogens (tertiary/aromatic N) is 2. The minimum absolute atomic E-state index is 0.879. The van der Waals surface area contributed by atoms with Gasteiger partial charge in [0.05, 0.1) is 11.4 Å². The standard InChI is InChI=1S/C9H9BrN2S/c1-7-8(3-2-4-10)12-5-6-13-9(12)11-7/h2-3,5-6H,4H2,1H3. The molecule has 0 atom stereocenters. The Hall–Kier alpha value is -0.610. The first-order chi connectivity index (χ1) is 6.33. The molecule has 68 valence electrons. The van der Waals surface area contributed by atoms with Gasteiger partial charge in [-0.05, 0) is 13.0 Å². The number of hydrogen-bond donors (Lipinski definition) is 0. The molecule has 0 unspecified atom stereocenters. The van der Waals surface area contributed by atoms with Gasteiger partial charge < -0.3 is 0 Å². The SMILES string of the molecule is Cc1nc2sccn2c1C=CCBr. The Labute approximate surface area is 89.0 Å². The van der Waals surface area contributed by atoms with Crippen LogP contribution in [-0.4, -0.2) is 14.7 Å². The maximum absolute atomic E-state index is 4.44. The zero-order valence-corrected chi connectivity index (χ0v) is 9.60. The molecule has 0 bridgehead atoms. The summed E-state index contributed by atoms with van der Waals surface area (Å²) in [5, 5.41) is 2.93. The summed E-state index contributed by atoms with van der Waals surface area (Å²) in [6.45, 7) is 2.04. The van der Waals surface area contributed by atoms with Gasteiger partial charge in [-0.3, -0.25) is 4.40 Å². The lowest BCUT2D eigenvalue weighted by molar-refractivity contribution is 1.19. The monoisotopic (exact) mass is 256 g/mol. The van der Waals surface area contributed by atoms with Crippen molar-refractivity contribution in [2.75, 3.05) is 5.33 Å². The molecule has 0 saturated heterocycles. The zero-order valence-electron chi connectivity index (χ0n) is 7.20. The summed E-state index contributed by atoms with van der Waals surface area (Å²) in [5.74, 6) is 0. The Kier molecular flexibility index (Phi) is 2.51. The van der Waals surface area contributed by atoms with E-state index < -0.39 is 0 Å². The van der Waals surface area contributed by atoms with E-state index in [0.29, 0.717) is 0 Å². The molecular formula is C9H9BrN2S. The Morgan fingerprint density at radius 1 is 1.69 bits per heavy atom. The van der Waals surface area contributed by atoms with Gasteiger partial charge >= 0.3 is 0 Å². The number of alkyl halides is 1. The first-order valence-corrected chi connectivity index (χ1v) is 5.97. The molecule has 4 heteroatoms. The van der Waals surface area contributed by atoms with Crippen LogP contribution >= 0.6 is 27.3 Å². The normalized spacial score (nSPS) is 11.8. The first-order valence-electron chi connectivity index (χ1n) is 3.97. The van der Waals surface area contributed by atoms with Crippen molar-refractivity contribution in [1.82, 2.24) is 9.38 Å². The quantitative estimate of drug-likeness (QED) is 0.755. The van der Waals surface area contributed by atoms with Crippen LogP contribution < -0.4 is 0 Å². The highest BCUT2D eigenvalue weighted by atomic mass is 79.9. The van der Waals surface area contributed by atoms with Crippen LogP contribution in [0.2, 0.25) is 0 Å². The van der Waals surface area contributed by atoms with E-state index in [9.17, 15) is 0 Å². The van der Waals surface area contributed by atoms with E-state index >= 15 is 0 Å². The molecule has 2 rings (SSSR count). The molecular weight excluding hydrogens is 248 g/mol. The van der Waals surface area contributed by atoms with E-state index in [1.807, 2.05) is 18.5 Å². The van der Waals surface area contributed by atoms with E-state index in [-0.39, 0.29) is 0 Å². The summed E-state index contributed by atoms with van der Waals surface area (Å²) in [6, 6.07) is 0. The van der Waals surface area contributed by atoms with Crippen molar-refractivity contribution in [3.63, 3.8) is 0 Å². The zero-order chi connectivity index (χ0) is 9.26. The van der Waals surface area contributed by atoms with Crippen molar-refractivity contribution in [2.24, 2.45) is 0 Å². The van der Waals surface area contributed by atoms with Gasteiger partial charge in [-0.25, -0.2) is 4.98 Å². The Morgan fingerprint density at radius 2 is 2.54 bits per heavy atom. The number of aryl methyl sites for hydroxylation is 1. The fraction of sp³-hybridized carbons (Fsp3) is 0.222. The van der Waals surface area contributed by atoms with Crippen molar-refractivity contribution in [1.29, 1.82) is 0 Å². The smallest absolute Gasteiger partial charge is 0.194 e. The molecule has 0 amide bonds. The molecule has 0 fully saturated rings. The van der Waals surface area contributed by atoms with E-state index in [4.69, 9.17) is 0 Å². The Bertz CT molecular complexity index is 441. The molecule has 0 aliphatic heterocycles. The van der Waals surface area contributed by atoms with Crippen molar-refractivity contribution in [3.8, 4) is 0 Å². The molecule has 13 heavy (non-hydrogen) atoms. The molecule has 0 saturated carbocycles. The van der Waals surface area contributed by atoms with Gasteiger partial charge in [0.2, 0.25) is 0 Å². The lowest BCUT2D eigenvalue weighted by atomic mass is 10.3. The molecule has 2 heterocycles. The van der Waals surface area contributed by atoms with Gasteiger partial charge in [0, 0.05) is 16.9 Å². The van der Waals surface area contributed by atoms with Crippen LogP contribution in [0.15, 0.2) is 17.7 Å². The van der Waals surface area contributed by atoms with Crippen molar-refractivity contribution < 1.29 is 0 Å². The number of allylic oxidation sites excluding steroid dienone is 1. The highest BCUT2D eigenvalue weighted by Gasteiger charge is 2.05. The maximum atomic E-state index is 4.44. The highest BCUT2D eigenvalue weighted by Crippen LogP contribution is 2.17. The van der Waals surface area contributed by atoms with Crippen molar-refractivity contribution in [3.05, 3.63) is 29.0 Å². The average Bonchev–Trinajstić information content (AvgIpc) is 2.62. The molecule has 2 aromatic heterocycles. The van der Waals surface area contributed by atoms with E-state index in [2.05, 4.69) is 37.5 Å². The minimum atomic E-state index is 0.879. The largest absolute Gasteiger partial charge is 0.291 e. The van der Waals surface area contributed by atoms with Crippen LogP contribution in [0.4, 0.5) is 0 Å². The predicted octanol–water partition coefficient (Wildman–Crippen LogP) is 3.11. The number of rotatable bonds is 2. The van der Waals surface area contributed by atoms with Crippen LogP contribution in [0.25, 0.3) is 11.0 Å². The number of aromatic nitrogens is 2. The summed E-state index contributed by atoms with van der Waals surface area (Å²) >= 11 is 5.02. The minimum Gasteiger partial charge on any atom is -0.291 e. The summed E-state index contributed by atoms with van der Waals surface area (Å²) < 4.78 is 2.11. The van der Waals surface area contributed by atoms with E-state index in [0.717, 1.165) is 16.0 Å².